The molecule has 64 heavy (non-hydrogen) atoms. The number of rotatable bonds is 23. The molecule has 3 aliphatic rings. The molecule has 2 N–H and O–H groups in total. The van der Waals surface area contributed by atoms with E-state index in [1.165, 1.54) is 6.07 Å². The molecule has 0 aromatic heterocycles. The van der Waals surface area contributed by atoms with Crippen LogP contribution >= 0.6 is 0 Å². The van der Waals surface area contributed by atoms with Crippen LogP contribution in [0.15, 0.2) is 127 Å². The molecule has 0 radical (unpaired) electrons. The molecule has 1 heterocycles. The molecule has 4 aromatic rings. The Balaban J connectivity index is 1.41. The lowest BCUT2D eigenvalue weighted by Crippen LogP contribution is -2.70. The van der Waals surface area contributed by atoms with Crippen molar-refractivity contribution in [1.29, 1.82) is 0 Å². The molecule has 2 aliphatic carbocycles. The number of oxime groups is 1. The van der Waals surface area contributed by atoms with Crippen molar-refractivity contribution in [2.24, 2.45) is 22.9 Å². The Morgan fingerprint density at radius 3 is 2.44 bits per heavy atom. The number of ether oxygens (including phenoxy) is 4. The number of allylic oxidation sites excluding steroid dienone is 1. The van der Waals surface area contributed by atoms with Crippen molar-refractivity contribution < 1.29 is 43.2 Å². The van der Waals surface area contributed by atoms with E-state index in [0.29, 0.717) is 55.0 Å². The lowest BCUT2D eigenvalue weighted by Gasteiger charge is -2.60. The highest BCUT2D eigenvalue weighted by Gasteiger charge is 2.65. The fraction of sp³-hybridized carbons (Fsp3) is 0.434. The molecule has 0 bridgehead atoms. The molecule has 4 aromatic carbocycles. The Morgan fingerprint density at radius 2 is 1.69 bits per heavy atom. The number of unbranched alkanes of at least 4 members (excludes halogenated alkanes) is 2. The van der Waals surface area contributed by atoms with E-state index in [9.17, 15) is 19.4 Å². The van der Waals surface area contributed by atoms with Gasteiger partial charge in [0.25, 0.3) is 0 Å². The van der Waals surface area contributed by atoms with Gasteiger partial charge in [-0.15, -0.1) is 6.58 Å². The topological polar surface area (TPSA) is 119 Å². The van der Waals surface area contributed by atoms with Crippen LogP contribution in [0.2, 0.25) is 0 Å². The third kappa shape index (κ3) is 10.5. The normalized spacial score (nSPS) is 22.7. The van der Waals surface area contributed by atoms with Gasteiger partial charge in [-0.3, -0.25) is 4.79 Å². The third-order valence-electron chi connectivity index (χ3n) is 12.9. The average Bonchev–Trinajstić information content (AvgIpc) is 3.31. The van der Waals surface area contributed by atoms with Gasteiger partial charge in [0.1, 0.15) is 42.3 Å². The van der Waals surface area contributed by atoms with Crippen molar-refractivity contribution in [2.45, 2.75) is 95.7 Å². The summed E-state index contributed by atoms with van der Waals surface area (Å²) in [6.07, 6.45) is 9.70. The fourth-order valence-corrected chi connectivity index (χ4v) is 10.0. The molecular weight excluding hydrogens is 812 g/mol. The number of aliphatic hydroxyl groups excluding tert-OH is 2. The number of hydrogen-bond donors (Lipinski definition) is 2. The van der Waals surface area contributed by atoms with Crippen molar-refractivity contribution in [3.05, 3.63) is 149 Å². The van der Waals surface area contributed by atoms with Crippen LogP contribution in [0.4, 0.5) is 4.39 Å². The van der Waals surface area contributed by atoms with E-state index < -0.39 is 17.7 Å². The predicted molar refractivity (Wildman–Crippen MR) is 246 cm³/mol. The van der Waals surface area contributed by atoms with Crippen molar-refractivity contribution in [2.75, 3.05) is 33.5 Å². The first-order chi connectivity index (χ1) is 31.3. The first-order valence-corrected chi connectivity index (χ1v) is 22.9. The summed E-state index contributed by atoms with van der Waals surface area (Å²) in [4.78, 5) is 23.1. The van der Waals surface area contributed by atoms with Crippen LogP contribution in [0.5, 0.6) is 17.2 Å². The Kier molecular flexibility index (Phi) is 16.3. The quantitative estimate of drug-likeness (QED) is 0.0430. The minimum Gasteiger partial charge on any atom is -0.497 e. The molecule has 11 heteroatoms. The minimum absolute atomic E-state index is 0.0347. The molecule has 1 saturated carbocycles. The molecule has 0 spiro atoms. The Bertz CT molecular complexity index is 2230. The molecule has 340 valence electrons. The summed E-state index contributed by atoms with van der Waals surface area (Å²) in [5.74, 6) is -0.567. The maximum Gasteiger partial charge on any atom is 0.239 e. The van der Waals surface area contributed by atoms with Crippen LogP contribution in [0.25, 0.3) is 0 Å². The van der Waals surface area contributed by atoms with Crippen LogP contribution in [-0.2, 0) is 34.0 Å². The summed E-state index contributed by atoms with van der Waals surface area (Å²) < 4.78 is 41.2. The molecule has 10 nitrogen and oxygen atoms in total. The van der Waals surface area contributed by atoms with E-state index in [1.807, 2.05) is 77.7 Å². The highest BCUT2D eigenvalue weighted by molar-refractivity contribution is 6.03. The maximum absolute atomic E-state index is 15.0. The zero-order chi connectivity index (χ0) is 44.9. The lowest BCUT2D eigenvalue weighted by molar-refractivity contribution is -0.257. The van der Waals surface area contributed by atoms with Gasteiger partial charge >= 0.3 is 0 Å². The minimum atomic E-state index is -1.39. The predicted octanol–water partition coefficient (Wildman–Crippen LogP) is 9.73. The molecule has 0 saturated heterocycles. The highest BCUT2D eigenvalue weighted by atomic mass is 19.1. The van der Waals surface area contributed by atoms with Crippen molar-refractivity contribution in [1.82, 2.24) is 4.90 Å². The highest BCUT2D eigenvalue weighted by Crippen LogP contribution is 2.62. The zero-order valence-electron chi connectivity index (χ0n) is 37.2. The number of aliphatic hydroxyl groups is 2. The van der Waals surface area contributed by atoms with Gasteiger partial charge < -0.3 is 38.9 Å². The van der Waals surface area contributed by atoms with E-state index in [2.05, 4.69) is 19.6 Å². The van der Waals surface area contributed by atoms with E-state index in [1.54, 1.807) is 31.4 Å². The Labute approximate surface area is 377 Å². The molecule has 1 aliphatic heterocycles. The Hall–Kier alpha value is -5.49. The largest absolute Gasteiger partial charge is 0.497 e. The van der Waals surface area contributed by atoms with Crippen LogP contribution in [0.3, 0.4) is 0 Å². The molecule has 6 unspecified atom stereocenters. The number of hydrogen-bond acceptors (Lipinski definition) is 9. The first-order valence-electron chi connectivity index (χ1n) is 22.9. The van der Waals surface area contributed by atoms with E-state index in [4.69, 9.17) is 28.9 Å². The van der Waals surface area contributed by atoms with Crippen molar-refractivity contribution >= 4 is 11.6 Å². The van der Waals surface area contributed by atoms with Gasteiger partial charge in [-0.05, 0) is 97.0 Å². The van der Waals surface area contributed by atoms with Crippen molar-refractivity contribution in [3.8, 4) is 17.2 Å². The standard InChI is InChI=1S/C53H63FN2O8/c1-4-26-56(50(59)31-38-18-15-21-41(30-38)60-3)49-34-47(55-63-35-37-16-7-6-8-17-37)44-32-39(19-11-13-27-57)43(22-12-14-28-58)51-45-33-42(61-36-40-20-9-10-23-46(40)54)24-25-48(45)64-53(49,52(44)51)62-29-5-2/h5-10,15-18,20-21,23-25,30,32-33,39,43,49,51-52,57-58H,2,4,11-14,19,22,26-29,31,34-36H2,1,3H3. The van der Waals surface area contributed by atoms with Gasteiger partial charge in [0, 0.05) is 43.2 Å². The van der Waals surface area contributed by atoms with Gasteiger partial charge in [0.15, 0.2) is 0 Å². The summed E-state index contributed by atoms with van der Waals surface area (Å²) in [7, 11) is 1.62. The van der Waals surface area contributed by atoms with Gasteiger partial charge in [-0.1, -0.05) is 97.7 Å². The first kappa shape index (κ1) is 46.5. The van der Waals surface area contributed by atoms with Gasteiger partial charge in [-0.2, -0.15) is 0 Å². The molecule has 7 rings (SSSR count). The third-order valence-corrected chi connectivity index (χ3v) is 12.9. The summed E-state index contributed by atoms with van der Waals surface area (Å²) in [5.41, 5.74) is 4.85. The monoisotopic (exact) mass is 874 g/mol. The number of amides is 1. The number of carbonyl (C=O) groups excluding carboxylic acids is 1. The van der Waals surface area contributed by atoms with E-state index >= 15 is 0 Å². The molecular formula is C53H63FN2O8. The number of benzene rings is 4. The summed E-state index contributed by atoms with van der Waals surface area (Å²) in [5, 5.41) is 24.9. The van der Waals surface area contributed by atoms with Crippen LogP contribution < -0.4 is 14.2 Å². The Morgan fingerprint density at radius 1 is 0.922 bits per heavy atom. The second-order valence-electron chi connectivity index (χ2n) is 17.0. The SMILES string of the molecule is C=CCOC12Oc3ccc(OCc4ccccc4F)cc3C3C(CCCCO)C(CCCCO)C=C(C(=NOCc4ccccc4)CC1N(CCC)C(=O)Cc1cccc(OC)c1)C32. The molecule has 6 atom stereocenters. The van der Waals surface area contributed by atoms with Gasteiger partial charge in [0.05, 0.1) is 31.8 Å². The van der Waals surface area contributed by atoms with Gasteiger partial charge in [0.2, 0.25) is 11.7 Å². The van der Waals surface area contributed by atoms with E-state index in [-0.39, 0.29) is 68.9 Å². The molecule has 1 fully saturated rings. The number of fused-ring (bicyclic) bond motifs is 2. The second kappa shape index (κ2) is 22.4. The maximum atomic E-state index is 15.0. The zero-order valence-corrected chi connectivity index (χ0v) is 37.2. The summed E-state index contributed by atoms with van der Waals surface area (Å²) >= 11 is 0. The van der Waals surface area contributed by atoms with Crippen molar-refractivity contribution in [3.63, 3.8) is 0 Å². The number of carbonyl (C=O) groups is 1. The lowest BCUT2D eigenvalue weighted by atomic mass is 9.55. The fourth-order valence-electron chi connectivity index (χ4n) is 10.0. The second-order valence-corrected chi connectivity index (χ2v) is 17.0. The number of halogens is 1. The number of nitrogens with zero attached hydrogens (tertiary/aromatic N) is 2. The average molecular weight is 875 g/mol. The molecule has 1 amide bonds. The van der Waals surface area contributed by atoms with Crippen LogP contribution in [0.1, 0.15) is 86.5 Å². The van der Waals surface area contributed by atoms with Crippen LogP contribution in [0, 0.1) is 23.6 Å². The number of methoxy groups -OCH3 is 1. The summed E-state index contributed by atoms with van der Waals surface area (Å²) in [6, 6.07) is 29.2. The smallest absolute Gasteiger partial charge is 0.239 e. The van der Waals surface area contributed by atoms with Crippen LogP contribution in [-0.4, -0.2) is 72.0 Å². The summed E-state index contributed by atoms with van der Waals surface area (Å²) in [6.45, 7) is 7.19. The van der Waals surface area contributed by atoms with E-state index in [0.717, 1.165) is 53.7 Å². The van der Waals surface area contributed by atoms with Gasteiger partial charge in [-0.25, -0.2) is 4.39 Å².